The zero-order valence-corrected chi connectivity index (χ0v) is 25.8. The highest BCUT2D eigenvalue weighted by atomic mass is 32.1. The van der Waals surface area contributed by atoms with Crippen molar-refractivity contribution in [2.45, 2.75) is 39.8 Å². The fourth-order valence-electron chi connectivity index (χ4n) is 6.52. The number of nitrogens with zero attached hydrogens (tertiary/aromatic N) is 5. The standard InChI is InChI=1S/C33H37N5O4S/c1-20-5-10-29(27(13-20)28-19-43-33(35-28)38-15-23-7-8-24(16-38)30(23)32(40)41)42-18-25-9-6-22(14-21(25)2)31(39)36(3)17-26-11-12-34-37(26)4/h5-6,9-14,19,23-24,30H,7-8,15-18H2,1-4H3,(H,40,41)/t23-,24+,30+. The number of piperidine rings is 1. The van der Waals surface area contributed by atoms with Gasteiger partial charge in [-0.2, -0.15) is 5.10 Å². The predicted molar refractivity (Wildman–Crippen MR) is 166 cm³/mol. The van der Waals surface area contributed by atoms with Crippen LogP contribution in [-0.4, -0.2) is 56.8 Å². The minimum absolute atomic E-state index is 0.0443. The summed E-state index contributed by atoms with van der Waals surface area (Å²) in [6, 6.07) is 13.8. The number of fused-ring (bicyclic) bond motifs is 2. The Labute approximate surface area is 255 Å². The number of carbonyl (C=O) groups is 2. The van der Waals surface area contributed by atoms with Gasteiger partial charge in [0.25, 0.3) is 5.91 Å². The van der Waals surface area contributed by atoms with Gasteiger partial charge in [-0.1, -0.05) is 17.7 Å². The number of carbonyl (C=O) groups excluding carboxylic acids is 1. The summed E-state index contributed by atoms with van der Waals surface area (Å²) in [6.07, 6.45) is 3.68. The molecule has 2 aromatic heterocycles. The van der Waals surface area contributed by atoms with Crippen LogP contribution in [-0.2, 0) is 25.0 Å². The molecule has 4 aromatic rings. The number of benzene rings is 2. The average Bonchev–Trinajstić information content (AvgIpc) is 3.70. The van der Waals surface area contributed by atoms with E-state index in [1.165, 1.54) is 0 Å². The van der Waals surface area contributed by atoms with Crippen molar-refractivity contribution in [1.82, 2.24) is 19.7 Å². The summed E-state index contributed by atoms with van der Waals surface area (Å²) in [4.78, 5) is 33.8. The van der Waals surface area contributed by atoms with Crippen molar-refractivity contribution in [1.29, 1.82) is 0 Å². The molecule has 6 rings (SSSR count). The van der Waals surface area contributed by atoms with E-state index in [2.05, 4.69) is 28.4 Å². The number of hydrogen-bond acceptors (Lipinski definition) is 7. The lowest BCUT2D eigenvalue weighted by atomic mass is 9.85. The van der Waals surface area contributed by atoms with E-state index in [0.29, 0.717) is 18.7 Å². The number of carboxylic acids is 1. The number of rotatable bonds is 9. The lowest BCUT2D eigenvalue weighted by Crippen LogP contribution is -2.44. The molecule has 1 aliphatic carbocycles. The van der Waals surface area contributed by atoms with Crippen LogP contribution < -0.4 is 9.64 Å². The molecule has 10 heteroatoms. The van der Waals surface area contributed by atoms with Crippen LogP contribution in [0.15, 0.2) is 54.0 Å². The van der Waals surface area contributed by atoms with Crippen LogP contribution in [0.25, 0.3) is 11.3 Å². The highest BCUT2D eigenvalue weighted by Crippen LogP contribution is 2.44. The Hall–Kier alpha value is -4.18. The van der Waals surface area contributed by atoms with E-state index in [4.69, 9.17) is 9.72 Å². The second-order valence-electron chi connectivity index (χ2n) is 11.9. The summed E-state index contributed by atoms with van der Waals surface area (Å²) in [5, 5.41) is 16.9. The molecule has 1 saturated carbocycles. The first-order valence-electron chi connectivity index (χ1n) is 14.7. The third kappa shape index (κ3) is 5.88. The van der Waals surface area contributed by atoms with Gasteiger partial charge in [-0.25, -0.2) is 4.98 Å². The Kier molecular flexibility index (Phi) is 7.96. The number of hydrogen-bond donors (Lipinski definition) is 1. The minimum Gasteiger partial charge on any atom is -0.488 e. The molecule has 43 heavy (non-hydrogen) atoms. The number of aliphatic carboxylic acids is 1. The fourth-order valence-corrected chi connectivity index (χ4v) is 7.37. The molecule has 2 fully saturated rings. The number of aromatic nitrogens is 3. The number of aryl methyl sites for hydroxylation is 3. The molecule has 0 unspecified atom stereocenters. The number of carboxylic acid groups (broad SMARTS) is 1. The van der Waals surface area contributed by atoms with Crippen LogP contribution >= 0.6 is 11.3 Å². The van der Waals surface area contributed by atoms with Gasteiger partial charge < -0.3 is 19.6 Å². The second kappa shape index (κ2) is 11.8. The second-order valence-corrected chi connectivity index (χ2v) is 12.8. The van der Waals surface area contributed by atoms with E-state index in [9.17, 15) is 14.7 Å². The first-order chi connectivity index (χ1) is 20.7. The number of amides is 1. The molecule has 2 aromatic carbocycles. The zero-order chi connectivity index (χ0) is 30.2. The van der Waals surface area contributed by atoms with Crippen molar-refractivity contribution in [3.05, 3.63) is 82.0 Å². The van der Waals surface area contributed by atoms with Crippen LogP contribution in [0.5, 0.6) is 5.75 Å². The Morgan fingerprint density at radius 2 is 1.86 bits per heavy atom. The third-order valence-electron chi connectivity index (χ3n) is 8.93. The van der Waals surface area contributed by atoms with Gasteiger partial charge in [0.15, 0.2) is 5.13 Å². The lowest BCUT2D eigenvalue weighted by molar-refractivity contribution is -0.144. The SMILES string of the molecule is Cc1ccc(OCc2ccc(C(=O)N(C)Cc3ccnn3C)cc2C)c(-c2csc(N3C[C@H]4CC[C@@H](C3)[C@H]4C(=O)O)n2)c1. The van der Waals surface area contributed by atoms with Gasteiger partial charge in [-0.3, -0.25) is 14.3 Å². The quantitative estimate of drug-likeness (QED) is 0.269. The van der Waals surface area contributed by atoms with E-state index < -0.39 is 5.97 Å². The molecule has 3 atom stereocenters. The molecule has 1 saturated heterocycles. The molecule has 3 heterocycles. The normalized spacial score (nSPS) is 19.4. The van der Waals surface area contributed by atoms with Crippen molar-refractivity contribution in [3.63, 3.8) is 0 Å². The summed E-state index contributed by atoms with van der Waals surface area (Å²) in [7, 11) is 3.67. The number of anilines is 1. The number of ether oxygens (including phenoxy) is 1. The zero-order valence-electron chi connectivity index (χ0n) is 25.0. The molecule has 0 radical (unpaired) electrons. The van der Waals surface area contributed by atoms with Crippen LogP contribution in [0.4, 0.5) is 5.13 Å². The summed E-state index contributed by atoms with van der Waals surface area (Å²) in [6.45, 7) is 6.39. The monoisotopic (exact) mass is 599 g/mol. The maximum Gasteiger partial charge on any atom is 0.307 e. The minimum atomic E-state index is -0.655. The Bertz CT molecular complexity index is 1650. The van der Waals surface area contributed by atoms with Gasteiger partial charge in [-0.15, -0.1) is 11.3 Å². The Balaban J connectivity index is 1.14. The average molecular weight is 600 g/mol. The van der Waals surface area contributed by atoms with Gasteiger partial charge in [0.05, 0.1) is 23.9 Å². The molecule has 9 nitrogen and oxygen atoms in total. The summed E-state index contributed by atoms with van der Waals surface area (Å²) < 4.78 is 8.14. The molecular formula is C33H37N5O4S. The molecule has 1 aliphatic heterocycles. The molecule has 2 bridgehead atoms. The van der Waals surface area contributed by atoms with Gasteiger partial charge in [0, 0.05) is 49.9 Å². The molecule has 224 valence electrons. The summed E-state index contributed by atoms with van der Waals surface area (Å²) in [5.74, 6) is 0.203. The van der Waals surface area contributed by atoms with E-state index in [1.807, 2.05) is 50.4 Å². The molecule has 2 aliphatic rings. The van der Waals surface area contributed by atoms with Crippen LogP contribution in [0.3, 0.4) is 0 Å². The van der Waals surface area contributed by atoms with Crippen molar-refractivity contribution in [3.8, 4) is 17.0 Å². The first kappa shape index (κ1) is 28.9. The highest BCUT2D eigenvalue weighted by molar-refractivity contribution is 7.14. The van der Waals surface area contributed by atoms with Gasteiger partial charge in [-0.05, 0) is 80.0 Å². The van der Waals surface area contributed by atoms with E-state index in [-0.39, 0.29) is 23.7 Å². The maximum absolute atomic E-state index is 13.1. The largest absolute Gasteiger partial charge is 0.488 e. The molecular weight excluding hydrogens is 562 g/mol. The molecule has 1 amide bonds. The number of thiazole rings is 1. The van der Waals surface area contributed by atoms with E-state index in [0.717, 1.165) is 70.5 Å². The summed E-state index contributed by atoms with van der Waals surface area (Å²) in [5.41, 5.74) is 6.52. The highest BCUT2D eigenvalue weighted by Gasteiger charge is 2.46. The summed E-state index contributed by atoms with van der Waals surface area (Å²) >= 11 is 1.60. The Morgan fingerprint density at radius 3 is 2.53 bits per heavy atom. The van der Waals surface area contributed by atoms with Crippen molar-refractivity contribution in [2.24, 2.45) is 24.8 Å². The van der Waals surface area contributed by atoms with Gasteiger partial charge in [0.1, 0.15) is 12.4 Å². The molecule has 1 N–H and O–H groups in total. The third-order valence-corrected chi connectivity index (χ3v) is 9.83. The smallest absolute Gasteiger partial charge is 0.307 e. The molecule has 0 spiro atoms. The maximum atomic E-state index is 13.1. The van der Waals surface area contributed by atoms with Gasteiger partial charge >= 0.3 is 5.97 Å². The first-order valence-corrected chi connectivity index (χ1v) is 15.5. The van der Waals surface area contributed by atoms with Gasteiger partial charge in [0.2, 0.25) is 0 Å². The van der Waals surface area contributed by atoms with Crippen molar-refractivity contribution < 1.29 is 19.4 Å². The predicted octanol–water partition coefficient (Wildman–Crippen LogP) is 5.56. The van der Waals surface area contributed by atoms with Crippen molar-refractivity contribution >= 4 is 28.3 Å². The van der Waals surface area contributed by atoms with E-state index >= 15 is 0 Å². The van der Waals surface area contributed by atoms with Crippen LogP contribution in [0.2, 0.25) is 0 Å². The fraction of sp³-hybridized carbons (Fsp3) is 0.394. The topological polar surface area (TPSA) is 101 Å². The Morgan fingerprint density at radius 1 is 1.09 bits per heavy atom. The van der Waals surface area contributed by atoms with Crippen LogP contribution in [0.1, 0.15) is 45.6 Å². The lowest BCUT2D eigenvalue weighted by Gasteiger charge is -2.35. The van der Waals surface area contributed by atoms with Crippen molar-refractivity contribution in [2.75, 3.05) is 25.0 Å². The van der Waals surface area contributed by atoms with Crippen LogP contribution in [0, 0.1) is 31.6 Å². The van der Waals surface area contributed by atoms with E-state index in [1.54, 1.807) is 34.2 Å².